The van der Waals surface area contributed by atoms with Crippen LogP contribution in [0.3, 0.4) is 0 Å². The quantitative estimate of drug-likeness (QED) is 0.256. The van der Waals surface area contributed by atoms with Crippen LogP contribution in [-0.4, -0.2) is 34.7 Å². The first kappa shape index (κ1) is 28.1. The van der Waals surface area contributed by atoms with Gasteiger partial charge in [-0.05, 0) is 72.6 Å². The summed E-state index contributed by atoms with van der Waals surface area (Å²) in [5.41, 5.74) is 2.66. The molecule has 8 nitrogen and oxygen atoms in total. The van der Waals surface area contributed by atoms with Crippen molar-refractivity contribution in [1.29, 1.82) is 0 Å². The summed E-state index contributed by atoms with van der Waals surface area (Å²) in [5.74, 6) is 1.40. The van der Waals surface area contributed by atoms with Gasteiger partial charge in [-0.25, -0.2) is 9.78 Å². The van der Waals surface area contributed by atoms with Crippen molar-refractivity contribution in [2.75, 3.05) is 17.2 Å². The monoisotopic (exact) mass is 531 g/mol. The second-order valence-electron chi connectivity index (χ2n) is 10.6. The molecular formula is C31H37N3O5. The van der Waals surface area contributed by atoms with E-state index in [0.717, 1.165) is 24.1 Å². The van der Waals surface area contributed by atoms with Crippen molar-refractivity contribution < 1.29 is 24.2 Å². The van der Waals surface area contributed by atoms with Crippen LogP contribution in [0.1, 0.15) is 56.0 Å². The summed E-state index contributed by atoms with van der Waals surface area (Å²) in [6.45, 7) is 7.32. The van der Waals surface area contributed by atoms with E-state index in [9.17, 15) is 9.59 Å². The number of hydrogen-bond acceptors (Lipinski definition) is 6. The van der Waals surface area contributed by atoms with E-state index >= 15 is 0 Å². The molecule has 4 rings (SSSR count). The summed E-state index contributed by atoms with van der Waals surface area (Å²) in [6.07, 6.45) is 4.79. The fourth-order valence-corrected chi connectivity index (χ4v) is 5.00. The highest BCUT2D eigenvalue weighted by Gasteiger charge is 2.31. The van der Waals surface area contributed by atoms with E-state index in [1.165, 1.54) is 24.8 Å². The van der Waals surface area contributed by atoms with E-state index in [1.54, 1.807) is 0 Å². The van der Waals surface area contributed by atoms with Crippen LogP contribution in [0.2, 0.25) is 0 Å². The number of ether oxygens (including phenoxy) is 2. The van der Waals surface area contributed by atoms with Crippen molar-refractivity contribution in [3.63, 3.8) is 0 Å². The molecule has 8 heteroatoms. The van der Waals surface area contributed by atoms with E-state index in [0.29, 0.717) is 41.6 Å². The first-order chi connectivity index (χ1) is 18.8. The van der Waals surface area contributed by atoms with Gasteiger partial charge in [-0.15, -0.1) is 0 Å². The highest BCUT2D eigenvalue weighted by atomic mass is 16.5. The number of rotatable bonds is 11. The maximum absolute atomic E-state index is 12.6. The fourth-order valence-electron chi connectivity index (χ4n) is 5.00. The summed E-state index contributed by atoms with van der Waals surface area (Å²) in [7, 11) is 0. The highest BCUT2D eigenvalue weighted by Crippen LogP contribution is 2.35. The van der Waals surface area contributed by atoms with Crippen LogP contribution in [0.4, 0.5) is 11.4 Å². The smallest absolute Gasteiger partial charge is 0.337 e. The van der Waals surface area contributed by atoms with Gasteiger partial charge in [0.05, 0.1) is 11.7 Å². The summed E-state index contributed by atoms with van der Waals surface area (Å²) in [5, 5.41) is 15.3. The second kappa shape index (κ2) is 13.2. The number of benzene rings is 2. The lowest BCUT2D eigenvalue weighted by molar-refractivity contribution is -0.126. The van der Waals surface area contributed by atoms with Crippen LogP contribution >= 0.6 is 0 Å². The lowest BCUT2D eigenvalue weighted by Gasteiger charge is -2.37. The van der Waals surface area contributed by atoms with Gasteiger partial charge in [0.15, 0.2) is 0 Å². The Balaban J connectivity index is 1.28. The van der Waals surface area contributed by atoms with Gasteiger partial charge in [-0.1, -0.05) is 45.4 Å². The molecule has 1 aromatic heterocycles. The van der Waals surface area contributed by atoms with Gasteiger partial charge in [-0.2, -0.15) is 0 Å². The fraction of sp³-hybridized carbons (Fsp3) is 0.387. The van der Waals surface area contributed by atoms with Gasteiger partial charge >= 0.3 is 5.97 Å². The molecule has 0 spiro atoms. The third-order valence-electron chi connectivity index (χ3n) is 7.14. The Kier molecular flexibility index (Phi) is 9.54. The molecule has 3 aromatic rings. The summed E-state index contributed by atoms with van der Waals surface area (Å²) < 4.78 is 11.9. The Morgan fingerprint density at radius 3 is 2.59 bits per heavy atom. The number of pyridine rings is 1. The number of carboxylic acid groups (broad SMARTS) is 1. The molecule has 1 amide bonds. The number of nitrogens with one attached hydrogen (secondary N) is 2. The maximum Gasteiger partial charge on any atom is 0.337 e. The summed E-state index contributed by atoms with van der Waals surface area (Å²) in [6, 6.07) is 18.1. The average molecular weight is 532 g/mol. The van der Waals surface area contributed by atoms with Crippen molar-refractivity contribution in [2.45, 2.75) is 52.7 Å². The SMILES string of the molecule is CC1CCC(C(C)C)C(OCC(=O)Nc2cccc(NCc3cccc(Oc4ccc(C(=O)O)cn4)c3)c2)C1. The summed E-state index contributed by atoms with van der Waals surface area (Å²) >= 11 is 0. The molecule has 0 radical (unpaired) electrons. The van der Waals surface area contributed by atoms with Gasteiger partial charge in [0.25, 0.3) is 0 Å². The third-order valence-corrected chi connectivity index (χ3v) is 7.14. The molecule has 0 bridgehead atoms. The van der Waals surface area contributed by atoms with E-state index < -0.39 is 5.97 Å². The molecule has 0 aliphatic heterocycles. The predicted octanol–water partition coefficient (Wildman–Crippen LogP) is 6.60. The maximum atomic E-state index is 12.6. The minimum Gasteiger partial charge on any atom is -0.478 e. The first-order valence-electron chi connectivity index (χ1n) is 13.5. The van der Waals surface area contributed by atoms with Gasteiger partial charge in [0.2, 0.25) is 11.8 Å². The van der Waals surface area contributed by atoms with Gasteiger partial charge in [-0.3, -0.25) is 4.79 Å². The van der Waals surface area contributed by atoms with Crippen molar-refractivity contribution in [3.05, 3.63) is 78.0 Å². The third kappa shape index (κ3) is 8.29. The molecule has 3 N–H and O–H groups in total. The van der Waals surface area contributed by atoms with Crippen LogP contribution in [0.25, 0.3) is 0 Å². The number of aromatic nitrogens is 1. The zero-order chi connectivity index (χ0) is 27.8. The van der Waals surface area contributed by atoms with Crippen LogP contribution < -0.4 is 15.4 Å². The van der Waals surface area contributed by atoms with Crippen molar-refractivity contribution in [1.82, 2.24) is 4.98 Å². The largest absolute Gasteiger partial charge is 0.478 e. The molecule has 39 heavy (non-hydrogen) atoms. The first-order valence-corrected chi connectivity index (χ1v) is 13.5. The molecule has 0 saturated heterocycles. The Bertz CT molecular complexity index is 1260. The van der Waals surface area contributed by atoms with Gasteiger partial charge in [0, 0.05) is 30.2 Å². The number of carbonyl (C=O) groups is 2. The number of carboxylic acids is 1. The molecule has 1 saturated carbocycles. The number of carbonyl (C=O) groups excluding carboxylic acids is 1. The number of amides is 1. The Morgan fingerprint density at radius 1 is 1.05 bits per heavy atom. The van der Waals surface area contributed by atoms with Crippen LogP contribution in [0.15, 0.2) is 66.9 Å². The van der Waals surface area contributed by atoms with Crippen molar-refractivity contribution >= 4 is 23.3 Å². The zero-order valence-electron chi connectivity index (χ0n) is 22.7. The summed E-state index contributed by atoms with van der Waals surface area (Å²) in [4.78, 5) is 27.7. The van der Waals surface area contributed by atoms with Crippen LogP contribution in [-0.2, 0) is 16.1 Å². The predicted molar refractivity (Wildman–Crippen MR) is 151 cm³/mol. The number of aromatic carboxylic acids is 1. The van der Waals surface area contributed by atoms with Gasteiger partial charge < -0.3 is 25.2 Å². The van der Waals surface area contributed by atoms with Crippen molar-refractivity contribution in [3.8, 4) is 11.6 Å². The average Bonchev–Trinajstić information content (AvgIpc) is 2.91. The second-order valence-corrected chi connectivity index (χ2v) is 10.6. The number of nitrogens with zero attached hydrogens (tertiary/aromatic N) is 1. The molecule has 1 aliphatic rings. The normalized spacial score (nSPS) is 18.9. The minimum absolute atomic E-state index is 0.0545. The molecule has 3 unspecified atom stereocenters. The lowest BCUT2D eigenvalue weighted by Crippen LogP contribution is -2.36. The molecule has 3 atom stereocenters. The molecule has 1 heterocycles. The lowest BCUT2D eigenvalue weighted by atomic mass is 9.75. The van der Waals surface area contributed by atoms with Gasteiger partial charge in [0.1, 0.15) is 12.4 Å². The van der Waals surface area contributed by atoms with E-state index in [-0.39, 0.29) is 24.2 Å². The molecule has 2 aromatic carbocycles. The topological polar surface area (TPSA) is 110 Å². The molecular weight excluding hydrogens is 494 g/mol. The Hall–Kier alpha value is -3.91. The highest BCUT2D eigenvalue weighted by molar-refractivity contribution is 5.92. The Labute approximate surface area is 229 Å². The number of hydrogen-bond donors (Lipinski definition) is 3. The number of anilines is 2. The van der Waals surface area contributed by atoms with Crippen molar-refractivity contribution in [2.24, 2.45) is 17.8 Å². The molecule has 206 valence electrons. The van der Waals surface area contributed by atoms with Crippen LogP contribution in [0.5, 0.6) is 11.6 Å². The molecule has 1 fully saturated rings. The minimum atomic E-state index is -1.03. The van der Waals surface area contributed by atoms with Crippen LogP contribution in [0, 0.1) is 17.8 Å². The Morgan fingerprint density at radius 2 is 1.85 bits per heavy atom. The zero-order valence-corrected chi connectivity index (χ0v) is 22.7. The molecule has 1 aliphatic carbocycles. The van der Waals surface area contributed by atoms with E-state index in [4.69, 9.17) is 14.6 Å². The van der Waals surface area contributed by atoms with E-state index in [2.05, 4.69) is 36.4 Å². The standard InChI is InChI=1S/C31H37N3O5/c1-20(2)27-12-10-21(3)14-28(27)38-19-29(35)34-25-8-5-7-24(16-25)32-17-22-6-4-9-26(15-22)39-30-13-11-23(18-33-30)31(36)37/h4-9,11,13,15-16,18,20-21,27-28,32H,10,12,14,17,19H2,1-3H3,(H,34,35)(H,36,37). The van der Waals surface area contributed by atoms with E-state index in [1.807, 2.05) is 48.5 Å².